The highest BCUT2D eigenvalue weighted by Crippen LogP contribution is 2.27. The first kappa shape index (κ1) is 14.0. The number of Topliss-reactive ketones (excluding diaryl/α,β-unsaturated/α-hetero) is 1. The summed E-state index contributed by atoms with van der Waals surface area (Å²) in [5.74, 6) is 1.53. The predicted molar refractivity (Wildman–Crippen MR) is 74.7 cm³/mol. The van der Waals surface area contributed by atoms with Gasteiger partial charge in [-0.25, -0.2) is 0 Å². The van der Waals surface area contributed by atoms with Crippen LogP contribution < -0.4 is 0 Å². The molecule has 1 aliphatic heterocycles. The second kappa shape index (κ2) is 6.16. The fourth-order valence-electron chi connectivity index (χ4n) is 3.50. The maximum Gasteiger partial charge on any atom is 0.137 e. The summed E-state index contributed by atoms with van der Waals surface area (Å²) in [4.78, 5) is 16.8. The fraction of sp³-hybridized carbons (Fsp3) is 0.933. The topological polar surface area (TPSA) is 23.6 Å². The Morgan fingerprint density at radius 3 is 2.89 bits per heavy atom. The molecule has 0 aromatic rings. The Balaban J connectivity index is 1.85. The molecule has 0 spiro atoms. The number of rotatable bonds is 3. The molecule has 0 radical (unpaired) electrons. The molecule has 3 nitrogen and oxygen atoms in total. The van der Waals surface area contributed by atoms with Gasteiger partial charge < -0.3 is 9.80 Å². The van der Waals surface area contributed by atoms with Gasteiger partial charge in [-0.05, 0) is 52.2 Å². The Bertz CT molecular complexity index is 292. The molecule has 0 N–H and O–H groups in total. The lowest BCUT2D eigenvalue weighted by Gasteiger charge is -2.38. The maximum absolute atomic E-state index is 12.0. The minimum atomic E-state index is 0.297. The highest BCUT2D eigenvalue weighted by Gasteiger charge is 2.29. The molecule has 1 heterocycles. The molecule has 0 aromatic heterocycles. The lowest BCUT2D eigenvalue weighted by atomic mass is 9.81. The zero-order valence-corrected chi connectivity index (χ0v) is 12.2. The molecule has 104 valence electrons. The third kappa shape index (κ3) is 3.55. The highest BCUT2D eigenvalue weighted by molar-refractivity contribution is 5.81. The number of likely N-dealkylation sites (N-methyl/N-ethyl adjacent to an activating group) is 2. The second-order valence-corrected chi connectivity index (χ2v) is 6.54. The molecule has 2 aliphatic rings. The summed E-state index contributed by atoms with van der Waals surface area (Å²) in [5, 5.41) is 0. The van der Waals surface area contributed by atoms with E-state index in [1.165, 1.54) is 19.4 Å². The summed E-state index contributed by atoms with van der Waals surface area (Å²) < 4.78 is 0. The quantitative estimate of drug-likeness (QED) is 0.768. The standard InChI is InChI=1S/C15H28N2O/c1-12-6-7-15(18)13(9-12)10-17(3)14-5-4-8-16(2)11-14/h12-14H,4-11H2,1-3H3. The Kier molecular flexibility index (Phi) is 4.79. The van der Waals surface area contributed by atoms with Crippen molar-refractivity contribution in [1.29, 1.82) is 0 Å². The highest BCUT2D eigenvalue weighted by atomic mass is 16.1. The van der Waals surface area contributed by atoms with E-state index < -0.39 is 0 Å². The first-order valence-corrected chi connectivity index (χ1v) is 7.47. The molecule has 1 saturated heterocycles. The zero-order valence-electron chi connectivity index (χ0n) is 12.2. The van der Waals surface area contributed by atoms with E-state index in [4.69, 9.17) is 0 Å². The van der Waals surface area contributed by atoms with Crippen molar-refractivity contribution >= 4 is 5.78 Å². The summed E-state index contributed by atoms with van der Waals surface area (Å²) >= 11 is 0. The van der Waals surface area contributed by atoms with E-state index in [2.05, 4.69) is 30.8 Å². The van der Waals surface area contributed by atoms with Crippen LogP contribution in [0.15, 0.2) is 0 Å². The van der Waals surface area contributed by atoms with E-state index >= 15 is 0 Å². The molecule has 18 heavy (non-hydrogen) atoms. The maximum atomic E-state index is 12.0. The van der Waals surface area contributed by atoms with Crippen LogP contribution >= 0.6 is 0 Å². The number of piperidine rings is 1. The van der Waals surface area contributed by atoms with Gasteiger partial charge in [-0.1, -0.05) is 6.92 Å². The molecule has 3 atom stereocenters. The number of carbonyl (C=O) groups excluding carboxylic acids is 1. The summed E-state index contributed by atoms with van der Waals surface area (Å²) in [6, 6.07) is 0.647. The van der Waals surface area contributed by atoms with Crippen molar-refractivity contribution in [2.45, 2.75) is 45.1 Å². The van der Waals surface area contributed by atoms with Crippen LogP contribution in [-0.2, 0) is 4.79 Å². The number of ketones is 1. The number of hydrogen-bond donors (Lipinski definition) is 0. The van der Waals surface area contributed by atoms with Crippen LogP contribution in [0.1, 0.15) is 39.0 Å². The minimum Gasteiger partial charge on any atom is -0.305 e. The van der Waals surface area contributed by atoms with E-state index in [0.29, 0.717) is 17.7 Å². The summed E-state index contributed by atoms with van der Waals surface area (Å²) in [7, 11) is 4.41. The molecular formula is C15H28N2O. The van der Waals surface area contributed by atoms with Gasteiger partial charge in [-0.15, -0.1) is 0 Å². The summed E-state index contributed by atoms with van der Waals surface area (Å²) in [6.07, 6.45) is 5.60. The van der Waals surface area contributed by atoms with E-state index in [9.17, 15) is 4.79 Å². The van der Waals surface area contributed by atoms with Crippen LogP contribution in [0, 0.1) is 11.8 Å². The number of nitrogens with zero attached hydrogens (tertiary/aromatic N) is 2. The van der Waals surface area contributed by atoms with Crippen LogP contribution in [0.2, 0.25) is 0 Å². The van der Waals surface area contributed by atoms with Gasteiger partial charge in [0.15, 0.2) is 0 Å². The van der Waals surface area contributed by atoms with Gasteiger partial charge in [0.2, 0.25) is 0 Å². The van der Waals surface area contributed by atoms with Crippen LogP contribution in [0.5, 0.6) is 0 Å². The Morgan fingerprint density at radius 2 is 2.17 bits per heavy atom. The number of hydrogen-bond acceptors (Lipinski definition) is 3. The number of carbonyl (C=O) groups is 1. The first-order chi connectivity index (χ1) is 8.56. The van der Waals surface area contributed by atoms with Gasteiger partial charge >= 0.3 is 0 Å². The van der Waals surface area contributed by atoms with Gasteiger partial charge in [0.05, 0.1) is 0 Å². The number of likely N-dealkylation sites (tertiary alicyclic amines) is 1. The molecule has 0 bridgehead atoms. The molecule has 3 heteroatoms. The minimum absolute atomic E-state index is 0.297. The lowest BCUT2D eigenvalue weighted by molar-refractivity contribution is -0.126. The lowest BCUT2D eigenvalue weighted by Crippen LogP contribution is -2.47. The Hall–Kier alpha value is -0.410. The average molecular weight is 252 g/mol. The van der Waals surface area contributed by atoms with Gasteiger partial charge in [-0.3, -0.25) is 4.79 Å². The van der Waals surface area contributed by atoms with Gasteiger partial charge in [0, 0.05) is 31.5 Å². The molecule has 0 amide bonds. The van der Waals surface area contributed by atoms with E-state index in [1.807, 2.05) is 0 Å². The molecule has 2 fully saturated rings. The van der Waals surface area contributed by atoms with Gasteiger partial charge in [-0.2, -0.15) is 0 Å². The van der Waals surface area contributed by atoms with E-state index in [1.54, 1.807) is 0 Å². The molecule has 1 aliphatic carbocycles. The van der Waals surface area contributed by atoms with Crippen molar-refractivity contribution in [3.8, 4) is 0 Å². The molecule has 2 rings (SSSR count). The summed E-state index contributed by atoms with van der Waals surface area (Å²) in [6.45, 7) is 5.65. The van der Waals surface area contributed by atoms with Crippen molar-refractivity contribution in [2.75, 3.05) is 33.7 Å². The Morgan fingerprint density at radius 1 is 1.39 bits per heavy atom. The summed E-state index contributed by atoms with van der Waals surface area (Å²) in [5.41, 5.74) is 0. The van der Waals surface area contributed by atoms with E-state index in [-0.39, 0.29) is 0 Å². The monoisotopic (exact) mass is 252 g/mol. The normalized spacial score (nSPS) is 35.1. The fourth-order valence-corrected chi connectivity index (χ4v) is 3.50. The van der Waals surface area contributed by atoms with Crippen molar-refractivity contribution in [1.82, 2.24) is 9.80 Å². The third-order valence-corrected chi connectivity index (χ3v) is 4.76. The van der Waals surface area contributed by atoms with Crippen molar-refractivity contribution in [3.63, 3.8) is 0 Å². The van der Waals surface area contributed by atoms with Crippen molar-refractivity contribution in [3.05, 3.63) is 0 Å². The molecular weight excluding hydrogens is 224 g/mol. The van der Waals surface area contributed by atoms with Crippen molar-refractivity contribution < 1.29 is 4.79 Å². The second-order valence-electron chi connectivity index (χ2n) is 6.54. The largest absolute Gasteiger partial charge is 0.305 e. The van der Waals surface area contributed by atoms with Gasteiger partial charge in [0.25, 0.3) is 0 Å². The van der Waals surface area contributed by atoms with Crippen LogP contribution in [0.25, 0.3) is 0 Å². The van der Waals surface area contributed by atoms with E-state index in [0.717, 1.165) is 38.3 Å². The van der Waals surface area contributed by atoms with Crippen LogP contribution in [0.3, 0.4) is 0 Å². The Labute approximate surface area is 112 Å². The SMILES string of the molecule is CC1CCC(=O)C(CN(C)C2CCCN(C)C2)C1. The average Bonchev–Trinajstić information content (AvgIpc) is 2.34. The van der Waals surface area contributed by atoms with Gasteiger partial charge in [0.1, 0.15) is 5.78 Å². The van der Waals surface area contributed by atoms with Crippen LogP contribution in [0.4, 0.5) is 0 Å². The van der Waals surface area contributed by atoms with Crippen LogP contribution in [-0.4, -0.2) is 55.4 Å². The third-order valence-electron chi connectivity index (χ3n) is 4.76. The molecule has 1 saturated carbocycles. The molecule has 3 unspecified atom stereocenters. The zero-order chi connectivity index (χ0) is 13.1. The smallest absolute Gasteiger partial charge is 0.137 e. The predicted octanol–water partition coefficient (Wildman–Crippen LogP) is 2.02. The molecule has 0 aromatic carbocycles. The first-order valence-electron chi connectivity index (χ1n) is 7.47. The van der Waals surface area contributed by atoms with Crippen molar-refractivity contribution in [2.24, 2.45) is 11.8 Å².